The van der Waals surface area contributed by atoms with E-state index in [9.17, 15) is 14.4 Å². The highest BCUT2D eigenvalue weighted by molar-refractivity contribution is 6.39. The number of nitrogens with one attached hydrogen (secondary N) is 1. The quantitative estimate of drug-likeness (QED) is 0.498. The number of hydrogen-bond acceptors (Lipinski definition) is 5. The maximum Gasteiger partial charge on any atom is 0.335 e. The first-order valence-electron chi connectivity index (χ1n) is 10.2. The number of hydrogen-bond donors (Lipinski definition) is 1. The molecule has 0 radical (unpaired) electrons. The lowest BCUT2D eigenvalue weighted by Crippen LogP contribution is -2.54. The molecule has 8 heteroatoms. The third kappa shape index (κ3) is 4.48. The Morgan fingerprint density at radius 2 is 1.91 bits per heavy atom. The third-order valence-corrected chi connectivity index (χ3v) is 5.66. The monoisotopic (exact) mass is 456 g/mol. The molecule has 0 spiro atoms. The smallest absolute Gasteiger partial charge is 0.335 e. The molecule has 1 aliphatic rings. The van der Waals surface area contributed by atoms with Gasteiger partial charge in [0.15, 0.2) is 11.5 Å². The van der Waals surface area contributed by atoms with Crippen LogP contribution in [-0.2, 0) is 9.59 Å². The molecule has 1 fully saturated rings. The topological polar surface area (TPSA) is 84.9 Å². The van der Waals surface area contributed by atoms with Gasteiger partial charge in [0, 0.05) is 0 Å². The minimum Gasteiger partial charge on any atom is -0.493 e. The largest absolute Gasteiger partial charge is 0.493 e. The van der Waals surface area contributed by atoms with Crippen molar-refractivity contribution in [3.63, 3.8) is 0 Å². The highest BCUT2D eigenvalue weighted by Crippen LogP contribution is 2.38. The molecule has 2 aromatic rings. The summed E-state index contributed by atoms with van der Waals surface area (Å²) in [6, 6.07) is 7.69. The number of carbonyl (C=O) groups excluding carboxylic acids is 3. The number of amides is 4. The molecule has 4 amide bonds. The molecule has 1 N–H and O–H groups in total. The summed E-state index contributed by atoms with van der Waals surface area (Å²) >= 11 is 6.41. The fourth-order valence-corrected chi connectivity index (χ4v) is 3.51. The third-order valence-electron chi connectivity index (χ3n) is 5.38. The normalized spacial score (nSPS) is 16.2. The second-order valence-electron chi connectivity index (χ2n) is 7.55. The number of benzene rings is 2. The van der Waals surface area contributed by atoms with Crippen molar-refractivity contribution in [2.24, 2.45) is 0 Å². The van der Waals surface area contributed by atoms with Crippen molar-refractivity contribution in [3.8, 4) is 11.5 Å². The number of urea groups is 1. The molecule has 168 valence electrons. The number of anilines is 1. The molecule has 1 saturated heterocycles. The first-order valence-corrected chi connectivity index (χ1v) is 10.6. The second kappa shape index (κ2) is 9.44. The summed E-state index contributed by atoms with van der Waals surface area (Å²) in [5.74, 6) is -0.743. The zero-order chi connectivity index (χ0) is 23.6. The lowest BCUT2D eigenvalue weighted by Gasteiger charge is -2.28. The van der Waals surface area contributed by atoms with E-state index in [-0.39, 0.29) is 16.7 Å². The summed E-state index contributed by atoms with van der Waals surface area (Å²) in [6.45, 7) is 7.59. The van der Waals surface area contributed by atoms with E-state index in [0.717, 1.165) is 22.4 Å². The average molecular weight is 457 g/mol. The lowest BCUT2D eigenvalue weighted by atomic mass is 10.0. The van der Waals surface area contributed by atoms with Gasteiger partial charge in [-0.25, -0.2) is 9.69 Å². The SMILES string of the molecule is CCC(C)Oc1c(Cl)cc(C=C2C(=O)NC(=O)N(c3cccc(C)c3C)C2=O)cc1OC. The van der Waals surface area contributed by atoms with Crippen LogP contribution in [0.3, 0.4) is 0 Å². The Balaban J connectivity index is 2.04. The van der Waals surface area contributed by atoms with Crippen molar-refractivity contribution in [3.05, 3.63) is 57.6 Å². The van der Waals surface area contributed by atoms with Gasteiger partial charge in [0.05, 0.1) is 23.9 Å². The number of imide groups is 2. The van der Waals surface area contributed by atoms with E-state index in [2.05, 4.69) is 5.32 Å². The van der Waals surface area contributed by atoms with Crippen molar-refractivity contribution in [2.75, 3.05) is 12.0 Å². The fourth-order valence-electron chi connectivity index (χ4n) is 3.24. The molecule has 32 heavy (non-hydrogen) atoms. The van der Waals surface area contributed by atoms with Gasteiger partial charge in [-0.2, -0.15) is 0 Å². The Kier molecular flexibility index (Phi) is 6.89. The van der Waals surface area contributed by atoms with E-state index >= 15 is 0 Å². The molecule has 3 rings (SSSR count). The van der Waals surface area contributed by atoms with Crippen LogP contribution in [0, 0.1) is 13.8 Å². The predicted molar refractivity (Wildman–Crippen MR) is 123 cm³/mol. The molecule has 7 nitrogen and oxygen atoms in total. The van der Waals surface area contributed by atoms with Crippen LogP contribution in [0.25, 0.3) is 6.08 Å². The molecule has 2 aromatic carbocycles. The van der Waals surface area contributed by atoms with Crippen LogP contribution in [0.15, 0.2) is 35.9 Å². The Bertz CT molecular complexity index is 1130. The summed E-state index contributed by atoms with van der Waals surface area (Å²) < 4.78 is 11.2. The first kappa shape index (κ1) is 23.3. The standard InChI is InChI=1S/C24H25ClN2O5/c1-6-14(3)32-21-18(25)11-16(12-20(21)31-5)10-17-22(28)26-24(30)27(23(17)29)19-9-7-8-13(2)15(19)4/h7-12,14H,6H2,1-5H3,(H,26,28,30). The molecule has 0 aliphatic carbocycles. The zero-order valence-electron chi connectivity index (χ0n) is 18.6. The van der Waals surface area contributed by atoms with Crippen molar-refractivity contribution < 1.29 is 23.9 Å². The van der Waals surface area contributed by atoms with Crippen molar-refractivity contribution in [2.45, 2.75) is 40.2 Å². The van der Waals surface area contributed by atoms with Crippen molar-refractivity contribution in [1.82, 2.24) is 5.32 Å². The van der Waals surface area contributed by atoms with Gasteiger partial charge < -0.3 is 9.47 Å². The molecule has 1 aliphatic heterocycles. The zero-order valence-corrected chi connectivity index (χ0v) is 19.4. The molecule has 1 atom stereocenters. The summed E-state index contributed by atoms with van der Waals surface area (Å²) in [6.07, 6.45) is 2.08. The van der Waals surface area contributed by atoms with Crippen molar-refractivity contribution >= 4 is 41.2 Å². The van der Waals surface area contributed by atoms with Crippen LogP contribution in [0.1, 0.15) is 37.0 Å². The van der Waals surface area contributed by atoms with Crippen LogP contribution < -0.4 is 19.7 Å². The van der Waals surface area contributed by atoms with E-state index < -0.39 is 17.8 Å². The van der Waals surface area contributed by atoms with Gasteiger partial charge in [0.2, 0.25) is 0 Å². The van der Waals surface area contributed by atoms with E-state index in [4.69, 9.17) is 21.1 Å². The van der Waals surface area contributed by atoms with Gasteiger partial charge in [-0.15, -0.1) is 0 Å². The predicted octanol–water partition coefficient (Wildman–Crippen LogP) is 4.81. The van der Waals surface area contributed by atoms with E-state index in [1.54, 1.807) is 24.3 Å². The van der Waals surface area contributed by atoms with Gasteiger partial charge in [-0.1, -0.05) is 30.7 Å². The van der Waals surface area contributed by atoms with Gasteiger partial charge >= 0.3 is 6.03 Å². The molecule has 1 unspecified atom stereocenters. The number of aryl methyl sites for hydroxylation is 1. The Labute approximate surface area is 191 Å². The molecular weight excluding hydrogens is 432 g/mol. The minimum atomic E-state index is -0.793. The Morgan fingerprint density at radius 3 is 2.56 bits per heavy atom. The first-order chi connectivity index (χ1) is 15.2. The number of rotatable bonds is 6. The Morgan fingerprint density at radius 1 is 1.19 bits per heavy atom. The van der Waals surface area contributed by atoms with Gasteiger partial charge in [-0.05, 0) is 68.2 Å². The van der Waals surface area contributed by atoms with Crippen LogP contribution in [0.2, 0.25) is 5.02 Å². The summed E-state index contributed by atoms with van der Waals surface area (Å²) in [4.78, 5) is 39.2. The number of ether oxygens (including phenoxy) is 2. The van der Waals surface area contributed by atoms with Gasteiger partial charge in [-0.3, -0.25) is 14.9 Å². The average Bonchev–Trinajstić information content (AvgIpc) is 2.75. The number of barbiturate groups is 1. The number of halogens is 1. The number of methoxy groups -OCH3 is 1. The van der Waals surface area contributed by atoms with E-state index in [0.29, 0.717) is 22.7 Å². The summed E-state index contributed by atoms with van der Waals surface area (Å²) in [5, 5.41) is 2.51. The molecular formula is C24H25ClN2O5. The molecule has 1 heterocycles. The summed E-state index contributed by atoms with van der Waals surface area (Å²) in [5.41, 5.74) is 2.36. The maximum atomic E-state index is 13.2. The van der Waals surface area contributed by atoms with Crippen LogP contribution >= 0.6 is 11.6 Å². The second-order valence-corrected chi connectivity index (χ2v) is 7.95. The Hall–Kier alpha value is -3.32. The number of carbonyl (C=O) groups is 3. The van der Waals surface area contributed by atoms with Crippen LogP contribution in [0.4, 0.5) is 10.5 Å². The van der Waals surface area contributed by atoms with Gasteiger partial charge in [0.25, 0.3) is 11.8 Å². The lowest BCUT2D eigenvalue weighted by molar-refractivity contribution is -0.122. The van der Waals surface area contributed by atoms with E-state index in [1.165, 1.54) is 13.2 Å². The van der Waals surface area contributed by atoms with Gasteiger partial charge in [0.1, 0.15) is 5.57 Å². The molecule has 0 bridgehead atoms. The highest BCUT2D eigenvalue weighted by Gasteiger charge is 2.37. The molecule has 0 saturated carbocycles. The van der Waals surface area contributed by atoms with Crippen molar-refractivity contribution in [1.29, 1.82) is 0 Å². The maximum absolute atomic E-state index is 13.2. The highest BCUT2D eigenvalue weighted by atomic mass is 35.5. The fraction of sp³-hybridized carbons (Fsp3) is 0.292. The molecule has 0 aromatic heterocycles. The number of nitrogens with zero attached hydrogens (tertiary/aromatic N) is 1. The summed E-state index contributed by atoms with van der Waals surface area (Å²) in [7, 11) is 1.48. The van der Waals surface area contributed by atoms with E-state index in [1.807, 2.05) is 33.8 Å². The minimum absolute atomic E-state index is 0.0755. The van der Waals surface area contributed by atoms with Crippen LogP contribution in [0.5, 0.6) is 11.5 Å². The van der Waals surface area contributed by atoms with Crippen LogP contribution in [-0.4, -0.2) is 31.1 Å².